The molecule has 3 aromatic rings. The van der Waals surface area contributed by atoms with Crippen LogP contribution in [0.5, 0.6) is 0 Å². The molecule has 24 heavy (non-hydrogen) atoms. The maximum absolute atomic E-state index is 12.7. The second-order valence-electron chi connectivity index (χ2n) is 5.68. The third-order valence-corrected chi connectivity index (χ3v) is 5.02. The molecule has 1 aromatic carbocycles. The van der Waals surface area contributed by atoms with Gasteiger partial charge in [0.05, 0.1) is 4.88 Å². The van der Waals surface area contributed by atoms with Crippen molar-refractivity contribution in [3.63, 3.8) is 0 Å². The number of nitrogens with one attached hydrogen (secondary N) is 2. The van der Waals surface area contributed by atoms with Crippen LogP contribution in [0, 0.1) is 18.6 Å². The summed E-state index contributed by atoms with van der Waals surface area (Å²) in [4.78, 5) is 13.7. The number of carbonyl (C=O) groups is 1. The number of benzene rings is 1. The highest BCUT2D eigenvalue weighted by Crippen LogP contribution is 2.26. The van der Waals surface area contributed by atoms with Crippen LogP contribution < -0.4 is 5.32 Å². The number of rotatable bonds is 4. The van der Waals surface area contributed by atoms with Crippen molar-refractivity contribution in [1.29, 1.82) is 0 Å². The number of hydrogen-bond acceptors (Lipinski definition) is 4. The topological polar surface area (TPSA) is 62.7 Å². The number of aromatic amines is 1. The molecule has 1 atom stereocenters. The highest BCUT2D eigenvalue weighted by atomic mass is 32.1. The molecule has 0 saturated heterocycles. The summed E-state index contributed by atoms with van der Waals surface area (Å²) in [6, 6.07) is 9.42. The summed E-state index contributed by atoms with van der Waals surface area (Å²) in [5.74, 6) is 0.553. The number of H-pyrrole nitrogens is 1. The first-order chi connectivity index (χ1) is 11.5. The van der Waals surface area contributed by atoms with Crippen LogP contribution in [0.3, 0.4) is 0 Å². The zero-order chi connectivity index (χ0) is 17.3. The standard InChI is InChI=1S/C17H18N4OS2/c1-10-6-7-11(2)13(9-10)18-16(22)12(3)21-15(19-20-17(21)23)14-5-4-8-24-14/h4-9,12H,1-3H3,(H,18,22)(H,20,23)/t12-/m1/s1. The lowest BCUT2D eigenvalue weighted by Crippen LogP contribution is -2.24. The predicted octanol–water partition coefficient (Wildman–Crippen LogP) is 4.49. The highest BCUT2D eigenvalue weighted by Gasteiger charge is 2.21. The van der Waals surface area contributed by atoms with E-state index in [9.17, 15) is 4.79 Å². The molecule has 2 aromatic heterocycles. The quantitative estimate of drug-likeness (QED) is 0.676. The minimum atomic E-state index is -0.478. The van der Waals surface area contributed by atoms with E-state index in [0.717, 1.165) is 21.7 Å². The van der Waals surface area contributed by atoms with Gasteiger partial charge < -0.3 is 5.32 Å². The summed E-state index contributed by atoms with van der Waals surface area (Å²) in [5, 5.41) is 12.0. The Kier molecular flexibility index (Phi) is 4.64. The van der Waals surface area contributed by atoms with Crippen molar-refractivity contribution >= 4 is 35.1 Å². The Hall–Kier alpha value is -2.25. The lowest BCUT2D eigenvalue weighted by atomic mass is 10.1. The molecule has 0 aliphatic heterocycles. The second kappa shape index (κ2) is 6.70. The Morgan fingerprint density at radius 1 is 1.38 bits per heavy atom. The number of aromatic nitrogens is 3. The van der Waals surface area contributed by atoms with Crippen LogP contribution in [-0.4, -0.2) is 20.7 Å². The molecule has 0 unspecified atom stereocenters. The minimum absolute atomic E-state index is 0.126. The predicted molar refractivity (Wildman–Crippen MR) is 100.0 cm³/mol. The average Bonchev–Trinajstić information content (AvgIpc) is 3.19. The third kappa shape index (κ3) is 3.18. The van der Waals surface area contributed by atoms with E-state index in [2.05, 4.69) is 15.5 Å². The molecule has 0 bridgehead atoms. The lowest BCUT2D eigenvalue weighted by Gasteiger charge is -2.16. The normalized spacial score (nSPS) is 12.1. The maximum atomic E-state index is 12.7. The zero-order valence-electron chi connectivity index (χ0n) is 13.7. The van der Waals surface area contributed by atoms with Gasteiger partial charge in [0, 0.05) is 5.69 Å². The molecular formula is C17H18N4OS2. The fourth-order valence-electron chi connectivity index (χ4n) is 2.47. The third-order valence-electron chi connectivity index (χ3n) is 3.86. The number of nitrogens with zero attached hydrogens (tertiary/aromatic N) is 2. The molecule has 2 heterocycles. The van der Waals surface area contributed by atoms with Crippen molar-refractivity contribution in [2.75, 3.05) is 5.32 Å². The number of anilines is 1. The van der Waals surface area contributed by atoms with E-state index in [-0.39, 0.29) is 5.91 Å². The summed E-state index contributed by atoms with van der Waals surface area (Å²) >= 11 is 6.88. The molecule has 0 spiro atoms. The summed E-state index contributed by atoms with van der Waals surface area (Å²) < 4.78 is 2.18. The first kappa shape index (κ1) is 16.6. The van der Waals surface area contributed by atoms with Gasteiger partial charge in [-0.15, -0.1) is 11.3 Å². The van der Waals surface area contributed by atoms with E-state index >= 15 is 0 Å². The van der Waals surface area contributed by atoms with Gasteiger partial charge in [-0.25, -0.2) is 0 Å². The van der Waals surface area contributed by atoms with E-state index in [1.54, 1.807) is 15.9 Å². The molecule has 5 nitrogen and oxygen atoms in total. The Bertz CT molecular complexity index is 924. The Balaban J connectivity index is 1.91. The average molecular weight is 358 g/mol. The van der Waals surface area contributed by atoms with Gasteiger partial charge in [-0.3, -0.25) is 14.5 Å². The first-order valence-corrected chi connectivity index (χ1v) is 8.85. The number of hydrogen-bond donors (Lipinski definition) is 2. The van der Waals surface area contributed by atoms with Crippen LogP contribution in [0.4, 0.5) is 5.69 Å². The van der Waals surface area contributed by atoms with Crippen molar-refractivity contribution in [3.8, 4) is 10.7 Å². The Morgan fingerprint density at radius 2 is 2.17 bits per heavy atom. The summed E-state index contributed by atoms with van der Waals surface area (Å²) in [6.07, 6.45) is 0. The van der Waals surface area contributed by atoms with Gasteiger partial charge in [-0.05, 0) is 61.6 Å². The smallest absolute Gasteiger partial charge is 0.247 e. The molecule has 0 fully saturated rings. The van der Waals surface area contributed by atoms with E-state index in [1.807, 2.05) is 56.5 Å². The molecule has 0 saturated carbocycles. The zero-order valence-corrected chi connectivity index (χ0v) is 15.3. The monoisotopic (exact) mass is 358 g/mol. The molecule has 3 rings (SSSR count). The molecule has 1 amide bonds. The van der Waals surface area contributed by atoms with Gasteiger partial charge >= 0.3 is 0 Å². The van der Waals surface area contributed by atoms with Crippen LogP contribution in [0.15, 0.2) is 35.7 Å². The lowest BCUT2D eigenvalue weighted by molar-refractivity contribution is -0.118. The summed E-state index contributed by atoms with van der Waals surface area (Å²) in [7, 11) is 0. The van der Waals surface area contributed by atoms with Gasteiger partial charge in [0.25, 0.3) is 0 Å². The minimum Gasteiger partial charge on any atom is -0.324 e. The first-order valence-electron chi connectivity index (χ1n) is 7.56. The maximum Gasteiger partial charge on any atom is 0.247 e. The highest BCUT2D eigenvalue weighted by molar-refractivity contribution is 7.71. The van der Waals surface area contributed by atoms with Crippen LogP contribution in [0.2, 0.25) is 0 Å². The van der Waals surface area contributed by atoms with Crippen molar-refractivity contribution < 1.29 is 4.79 Å². The fourth-order valence-corrected chi connectivity index (χ4v) is 3.47. The van der Waals surface area contributed by atoms with Gasteiger partial charge in [0.2, 0.25) is 5.91 Å². The van der Waals surface area contributed by atoms with E-state index in [1.165, 1.54) is 0 Å². The number of thiophene rings is 1. The van der Waals surface area contributed by atoms with Crippen LogP contribution >= 0.6 is 23.6 Å². The van der Waals surface area contributed by atoms with Gasteiger partial charge in [-0.1, -0.05) is 18.2 Å². The van der Waals surface area contributed by atoms with Crippen molar-refractivity contribution in [2.45, 2.75) is 26.8 Å². The van der Waals surface area contributed by atoms with Crippen molar-refractivity contribution in [1.82, 2.24) is 14.8 Å². The van der Waals surface area contributed by atoms with Crippen LogP contribution in [0.25, 0.3) is 10.7 Å². The molecule has 0 radical (unpaired) electrons. The molecule has 0 aliphatic rings. The van der Waals surface area contributed by atoms with Gasteiger partial charge in [0.1, 0.15) is 6.04 Å². The number of carbonyl (C=O) groups excluding carboxylic acids is 1. The Labute approximate surface area is 149 Å². The molecular weight excluding hydrogens is 340 g/mol. The largest absolute Gasteiger partial charge is 0.324 e. The van der Waals surface area contributed by atoms with Crippen LogP contribution in [0.1, 0.15) is 24.1 Å². The molecule has 2 N–H and O–H groups in total. The Morgan fingerprint density at radius 3 is 2.88 bits per heavy atom. The molecule has 0 aliphatic carbocycles. The van der Waals surface area contributed by atoms with E-state index in [0.29, 0.717) is 10.6 Å². The molecule has 124 valence electrons. The van der Waals surface area contributed by atoms with Gasteiger partial charge in [0.15, 0.2) is 10.6 Å². The second-order valence-corrected chi connectivity index (χ2v) is 7.02. The van der Waals surface area contributed by atoms with E-state index in [4.69, 9.17) is 12.2 Å². The SMILES string of the molecule is Cc1ccc(C)c(NC(=O)[C@@H](C)n2c(-c3cccs3)n[nH]c2=S)c1. The van der Waals surface area contributed by atoms with Crippen LogP contribution in [-0.2, 0) is 4.79 Å². The number of aryl methyl sites for hydroxylation is 2. The summed E-state index contributed by atoms with van der Waals surface area (Å²) in [5.41, 5.74) is 2.94. The van der Waals surface area contributed by atoms with Gasteiger partial charge in [-0.2, -0.15) is 5.10 Å². The molecule has 7 heteroatoms. The van der Waals surface area contributed by atoms with Crippen molar-refractivity contribution in [3.05, 3.63) is 51.6 Å². The number of amides is 1. The van der Waals surface area contributed by atoms with E-state index < -0.39 is 6.04 Å². The van der Waals surface area contributed by atoms with Crippen molar-refractivity contribution in [2.24, 2.45) is 0 Å². The summed E-state index contributed by atoms with van der Waals surface area (Å²) in [6.45, 7) is 5.79. The fraction of sp³-hybridized carbons (Fsp3) is 0.235.